The van der Waals surface area contributed by atoms with Crippen molar-refractivity contribution in [1.29, 1.82) is 0 Å². The summed E-state index contributed by atoms with van der Waals surface area (Å²) in [7, 11) is -4.03. The number of rotatable bonds is 7. The highest BCUT2D eigenvalue weighted by Crippen LogP contribution is 2.22. The predicted octanol–water partition coefficient (Wildman–Crippen LogP) is -0.637. The van der Waals surface area contributed by atoms with E-state index in [4.69, 9.17) is 4.42 Å². The van der Waals surface area contributed by atoms with Gasteiger partial charge < -0.3 is 19.8 Å². The molecule has 10 heteroatoms. The van der Waals surface area contributed by atoms with Crippen LogP contribution in [0.25, 0.3) is 11.0 Å². The number of benzene rings is 1. The smallest absolute Gasteiger partial charge is 0.464 e. The second-order valence-electron chi connectivity index (χ2n) is 5.57. The molecule has 2 aromatic rings. The van der Waals surface area contributed by atoms with Gasteiger partial charge in [-0.05, 0) is 18.1 Å². The molecule has 0 saturated heterocycles. The maximum Gasteiger partial charge on any atom is 0.475 e. The van der Waals surface area contributed by atoms with Gasteiger partial charge in [-0.1, -0.05) is 18.2 Å². The normalized spacial score (nSPS) is 13.2. The van der Waals surface area contributed by atoms with Gasteiger partial charge in [-0.25, -0.2) is 8.42 Å². The summed E-state index contributed by atoms with van der Waals surface area (Å²) < 4.78 is 28.9. The molecule has 1 amide bonds. The third kappa shape index (κ3) is 4.57. The van der Waals surface area contributed by atoms with Crippen molar-refractivity contribution >= 4 is 34.0 Å². The first-order chi connectivity index (χ1) is 11.2. The van der Waals surface area contributed by atoms with Crippen molar-refractivity contribution in [2.24, 2.45) is 0 Å². The van der Waals surface area contributed by atoms with Crippen LogP contribution in [-0.2, 0) is 21.2 Å². The van der Waals surface area contributed by atoms with Crippen LogP contribution < -0.4 is 5.32 Å². The summed E-state index contributed by atoms with van der Waals surface area (Å²) in [4.78, 5) is 11.9. The van der Waals surface area contributed by atoms with Crippen LogP contribution in [0.15, 0.2) is 34.9 Å². The fourth-order valence-corrected chi connectivity index (χ4v) is 2.58. The Hall–Kier alpha value is -1.88. The van der Waals surface area contributed by atoms with Crippen LogP contribution in [0.3, 0.4) is 0 Å². The lowest BCUT2D eigenvalue weighted by Gasteiger charge is -2.19. The third-order valence-corrected chi connectivity index (χ3v) is 4.90. The van der Waals surface area contributed by atoms with E-state index in [0.717, 1.165) is 15.9 Å². The summed E-state index contributed by atoms with van der Waals surface area (Å²) in [5, 5.41) is 22.3. The van der Waals surface area contributed by atoms with Gasteiger partial charge in [0, 0.05) is 12.4 Å². The van der Waals surface area contributed by atoms with Crippen LogP contribution in [0.2, 0.25) is 0 Å². The number of nitrogens with one attached hydrogen (secondary N) is 1. The van der Waals surface area contributed by atoms with Gasteiger partial charge in [0.1, 0.15) is 5.58 Å². The molecule has 3 N–H and O–H groups in total. The third-order valence-electron chi connectivity index (χ3n) is 3.64. The van der Waals surface area contributed by atoms with Crippen molar-refractivity contribution < 1.29 is 27.7 Å². The largest absolute Gasteiger partial charge is 0.475 e. The molecule has 0 fully saturated rings. The summed E-state index contributed by atoms with van der Waals surface area (Å²) in [6, 6.07) is 7.25. The highest BCUT2D eigenvalue weighted by Gasteiger charge is 2.28. The highest BCUT2D eigenvalue weighted by molar-refractivity contribution is 7.88. The summed E-state index contributed by atoms with van der Waals surface area (Å²) in [5.74, 6) is -1.62. The van der Waals surface area contributed by atoms with Gasteiger partial charge >= 0.3 is 7.12 Å². The van der Waals surface area contributed by atoms with Crippen LogP contribution in [0.1, 0.15) is 5.56 Å². The van der Waals surface area contributed by atoms with Gasteiger partial charge in [-0.3, -0.25) is 4.79 Å². The lowest BCUT2D eigenvalue weighted by atomic mass is 9.76. The Morgan fingerprint density at radius 2 is 2.04 bits per heavy atom. The zero-order valence-electron chi connectivity index (χ0n) is 13.3. The number of likely N-dealkylation sites (N-methyl/N-ethyl adjacent to an activating group) is 1. The topological polar surface area (TPSA) is 120 Å². The molecule has 8 nitrogen and oxygen atoms in total. The molecular formula is C14H19BN2O6S. The summed E-state index contributed by atoms with van der Waals surface area (Å²) >= 11 is 0. The van der Waals surface area contributed by atoms with Gasteiger partial charge in [0.2, 0.25) is 15.9 Å². The predicted molar refractivity (Wildman–Crippen MR) is 89.5 cm³/mol. The Morgan fingerprint density at radius 1 is 1.38 bits per heavy atom. The van der Waals surface area contributed by atoms with Crippen molar-refractivity contribution in [1.82, 2.24) is 9.62 Å². The van der Waals surface area contributed by atoms with E-state index < -0.39 is 35.5 Å². The molecule has 1 aromatic carbocycles. The fourth-order valence-electron chi connectivity index (χ4n) is 2.23. The molecule has 1 unspecified atom stereocenters. The van der Waals surface area contributed by atoms with E-state index in [9.17, 15) is 23.3 Å². The first-order valence-corrected chi connectivity index (χ1v) is 9.05. The number of hydrogen-bond donors (Lipinski definition) is 3. The van der Waals surface area contributed by atoms with Crippen molar-refractivity contribution in [3.63, 3.8) is 0 Å². The maximum atomic E-state index is 11.9. The Kier molecular flexibility index (Phi) is 5.65. The number of nitrogens with zero attached hydrogens (tertiary/aromatic N) is 1. The Morgan fingerprint density at radius 3 is 2.67 bits per heavy atom. The van der Waals surface area contributed by atoms with Crippen molar-refractivity contribution in [3.05, 3.63) is 36.1 Å². The molecule has 0 aliphatic heterocycles. The van der Waals surface area contributed by atoms with Gasteiger partial charge in [0.25, 0.3) is 0 Å². The minimum absolute atomic E-state index is 0.128. The summed E-state index contributed by atoms with van der Waals surface area (Å²) in [6.45, 7) is -0.409. The molecule has 0 aliphatic rings. The lowest BCUT2D eigenvalue weighted by Crippen LogP contribution is -2.50. The summed E-state index contributed by atoms with van der Waals surface area (Å²) in [6.07, 6.45) is 2.61. The molecule has 0 radical (unpaired) electrons. The minimum atomic E-state index is -3.50. The molecule has 1 atom stereocenters. The molecule has 1 aromatic heterocycles. The summed E-state index contributed by atoms with van der Waals surface area (Å²) in [5.41, 5.74) is 1.36. The molecule has 0 saturated carbocycles. The Bertz CT molecular complexity index is 820. The fraction of sp³-hybridized carbons (Fsp3) is 0.357. The SMILES string of the molecule is CN(CC(=O)NC(Cc1coc2ccccc12)B(O)O)S(C)(=O)=O. The number of amides is 1. The van der Waals surface area contributed by atoms with E-state index in [-0.39, 0.29) is 6.42 Å². The van der Waals surface area contributed by atoms with Crippen LogP contribution in [0.5, 0.6) is 0 Å². The minimum Gasteiger partial charge on any atom is -0.464 e. The molecule has 0 spiro atoms. The Balaban J connectivity index is 2.08. The van der Waals surface area contributed by atoms with Gasteiger partial charge in [0.15, 0.2) is 0 Å². The van der Waals surface area contributed by atoms with E-state index in [1.165, 1.54) is 13.3 Å². The molecule has 2 rings (SSSR count). The molecule has 130 valence electrons. The number of para-hydroxylation sites is 1. The number of furan rings is 1. The second-order valence-corrected chi connectivity index (χ2v) is 7.66. The highest BCUT2D eigenvalue weighted by atomic mass is 32.2. The number of hydrogen-bond acceptors (Lipinski definition) is 6. The van der Waals surface area contributed by atoms with Gasteiger partial charge in [-0.15, -0.1) is 0 Å². The standard InChI is InChI=1S/C14H19BN2O6S/c1-17(24(2,21)22)8-14(18)16-13(15(19)20)7-10-9-23-12-6-4-3-5-11(10)12/h3-6,9,13,19-20H,7-8H2,1-2H3,(H,16,18). The Labute approximate surface area is 140 Å². The van der Waals surface area contributed by atoms with Crippen molar-refractivity contribution in [3.8, 4) is 0 Å². The lowest BCUT2D eigenvalue weighted by molar-refractivity contribution is -0.121. The molecule has 0 aliphatic carbocycles. The van der Waals surface area contributed by atoms with E-state index >= 15 is 0 Å². The number of sulfonamides is 1. The molecule has 24 heavy (non-hydrogen) atoms. The van der Waals surface area contributed by atoms with Crippen molar-refractivity contribution in [2.45, 2.75) is 12.4 Å². The quantitative estimate of drug-likeness (QED) is 0.569. The molecular weight excluding hydrogens is 335 g/mol. The average molecular weight is 354 g/mol. The van der Waals surface area contributed by atoms with E-state index in [0.29, 0.717) is 11.1 Å². The van der Waals surface area contributed by atoms with E-state index in [1.807, 2.05) is 18.2 Å². The number of carbonyl (C=O) groups excluding carboxylic acids is 1. The van der Waals surface area contributed by atoms with Gasteiger partial charge in [0.05, 0.1) is 25.0 Å². The van der Waals surface area contributed by atoms with Crippen LogP contribution in [0.4, 0.5) is 0 Å². The first-order valence-electron chi connectivity index (χ1n) is 7.20. The number of carbonyl (C=O) groups is 1. The maximum absolute atomic E-state index is 11.9. The monoisotopic (exact) mass is 354 g/mol. The number of fused-ring (bicyclic) bond motifs is 1. The average Bonchev–Trinajstić information content (AvgIpc) is 2.88. The second kappa shape index (κ2) is 7.35. The zero-order chi connectivity index (χ0) is 17.9. The first kappa shape index (κ1) is 18.5. The van der Waals surface area contributed by atoms with Crippen LogP contribution in [0, 0.1) is 0 Å². The molecule has 1 heterocycles. The van der Waals surface area contributed by atoms with E-state index in [2.05, 4.69) is 5.32 Å². The molecule has 0 bridgehead atoms. The van der Waals surface area contributed by atoms with Crippen molar-refractivity contribution in [2.75, 3.05) is 19.8 Å². The van der Waals surface area contributed by atoms with Crippen LogP contribution >= 0.6 is 0 Å². The van der Waals surface area contributed by atoms with E-state index in [1.54, 1.807) is 6.07 Å². The zero-order valence-corrected chi connectivity index (χ0v) is 14.2. The van der Waals surface area contributed by atoms with Crippen LogP contribution in [-0.4, -0.2) is 61.6 Å². The van der Waals surface area contributed by atoms with Gasteiger partial charge in [-0.2, -0.15) is 4.31 Å².